The molecule has 0 atom stereocenters. The molecule has 148 valence electrons. The van der Waals surface area contributed by atoms with Crippen molar-refractivity contribution in [1.29, 1.82) is 5.26 Å². The van der Waals surface area contributed by atoms with Crippen molar-refractivity contribution in [3.63, 3.8) is 0 Å². The van der Waals surface area contributed by atoms with Crippen molar-refractivity contribution < 1.29 is 18.3 Å². The number of halogens is 2. The zero-order chi connectivity index (χ0) is 20.2. The van der Waals surface area contributed by atoms with E-state index in [9.17, 15) is 8.78 Å². The number of piperidine rings is 1. The molecule has 4 rings (SSSR count). The molecule has 2 heterocycles. The van der Waals surface area contributed by atoms with E-state index in [0.717, 1.165) is 38.1 Å². The van der Waals surface area contributed by atoms with E-state index in [1.54, 1.807) is 30.5 Å². The van der Waals surface area contributed by atoms with Gasteiger partial charge in [-0.25, -0.2) is 18.7 Å². The lowest BCUT2D eigenvalue weighted by Crippen LogP contribution is -2.30. The molecule has 0 amide bonds. The van der Waals surface area contributed by atoms with Gasteiger partial charge in [-0.05, 0) is 56.1 Å². The summed E-state index contributed by atoms with van der Waals surface area (Å²) in [5, 5.41) is 12.4. The average Bonchev–Trinajstić information content (AvgIpc) is 2.75. The highest BCUT2D eigenvalue weighted by Crippen LogP contribution is 2.31. The van der Waals surface area contributed by atoms with Crippen LogP contribution in [0.2, 0.25) is 0 Å². The van der Waals surface area contributed by atoms with Gasteiger partial charge in [-0.1, -0.05) is 0 Å². The highest BCUT2D eigenvalue weighted by atomic mass is 19.1. The van der Waals surface area contributed by atoms with Crippen LogP contribution in [0.4, 0.5) is 8.78 Å². The van der Waals surface area contributed by atoms with E-state index < -0.39 is 22.9 Å². The van der Waals surface area contributed by atoms with Crippen molar-refractivity contribution in [1.82, 2.24) is 15.3 Å². The molecular formula is C21H18F2N4O2. The fourth-order valence-electron chi connectivity index (χ4n) is 3.21. The number of nitriles is 1. The van der Waals surface area contributed by atoms with E-state index in [1.165, 1.54) is 0 Å². The molecule has 0 aliphatic carbocycles. The number of aromatic nitrogens is 2. The second kappa shape index (κ2) is 8.37. The Kier molecular flexibility index (Phi) is 5.49. The first-order valence-corrected chi connectivity index (χ1v) is 9.30. The summed E-state index contributed by atoms with van der Waals surface area (Å²) in [6.07, 6.45) is 3.67. The van der Waals surface area contributed by atoms with Crippen molar-refractivity contribution in [2.24, 2.45) is 5.92 Å². The van der Waals surface area contributed by atoms with Crippen LogP contribution < -0.4 is 14.8 Å². The molecule has 0 unspecified atom stereocenters. The predicted molar refractivity (Wildman–Crippen MR) is 102 cm³/mol. The topological polar surface area (TPSA) is 80.1 Å². The molecule has 0 bridgehead atoms. The van der Waals surface area contributed by atoms with Crippen molar-refractivity contribution in [3.8, 4) is 23.4 Å². The smallest absolute Gasteiger partial charge is 0.232 e. The van der Waals surface area contributed by atoms with E-state index in [2.05, 4.69) is 15.3 Å². The van der Waals surface area contributed by atoms with Gasteiger partial charge in [-0.3, -0.25) is 0 Å². The Balaban J connectivity index is 1.56. The summed E-state index contributed by atoms with van der Waals surface area (Å²) in [6, 6.07) is 8.18. The quantitative estimate of drug-likeness (QED) is 0.703. The van der Waals surface area contributed by atoms with Crippen LogP contribution in [-0.4, -0.2) is 29.7 Å². The SMILES string of the molecule is N#Cc1c(F)ccc(F)c1Oc1ccc2ncc(OCC3CCNCC3)nc2c1. The number of rotatable bonds is 5. The molecule has 1 saturated heterocycles. The van der Waals surface area contributed by atoms with E-state index >= 15 is 0 Å². The Morgan fingerprint density at radius 2 is 1.90 bits per heavy atom. The van der Waals surface area contributed by atoms with Crippen LogP contribution in [0.15, 0.2) is 36.5 Å². The summed E-state index contributed by atoms with van der Waals surface area (Å²) in [5.74, 6) is -1.06. The molecule has 1 aromatic heterocycles. The lowest BCUT2D eigenvalue weighted by Gasteiger charge is -2.22. The number of hydrogen-bond acceptors (Lipinski definition) is 6. The third-order valence-electron chi connectivity index (χ3n) is 4.81. The van der Waals surface area contributed by atoms with Gasteiger partial charge in [0.05, 0.1) is 23.8 Å². The molecule has 0 saturated carbocycles. The van der Waals surface area contributed by atoms with Gasteiger partial charge in [0, 0.05) is 6.07 Å². The zero-order valence-corrected chi connectivity index (χ0v) is 15.5. The number of nitrogens with zero attached hydrogens (tertiary/aromatic N) is 3. The molecular weight excluding hydrogens is 378 g/mol. The van der Waals surface area contributed by atoms with Crippen LogP contribution in [-0.2, 0) is 0 Å². The maximum absolute atomic E-state index is 14.1. The summed E-state index contributed by atoms with van der Waals surface area (Å²) in [6.45, 7) is 2.54. The Labute approximate surface area is 166 Å². The van der Waals surface area contributed by atoms with Crippen LogP contribution in [0.1, 0.15) is 18.4 Å². The molecule has 8 heteroatoms. The van der Waals surface area contributed by atoms with Gasteiger partial charge in [0.2, 0.25) is 5.88 Å². The lowest BCUT2D eigenvalue weighted by molar-refractivity contribution is 0.209. The fourth-order valence-corrected chi connectivity index (χ4v) is 3.21. The number of fused-ring (bicyclic) bond motifs is 1. The third-order valence-corrected chi connectivity index (χ3v) is 4.81. The summed E-state index contributed by atoms with van der Waals surface area (Å²) in [4.78, 5) is 8.75. The van der Waals surface area contributed by atoms with Gasteiger partial charge in [0.25, 0.3) is 0 Å². The summed E-state index contributed by atoms with van der Waals surface area (Å²) in [5.41, 5.74) is 0.600. The van der Waals surface area contributed by atoms with Crippen molar-refractivity contribution >= 4 is 11.0 Å². The molecule has 1 fully saturated rings. The largest absolute Gasteiger partial charge is 0.476 e. The van der Waals surface area contributed by atoms with Gasteiger partial charge in [0.1, 0.15) is 23.2 Å². The minimum absolute atomic E-state index is 0.211. The second-order valence-corrected chi connectivity index (χ2v) is 6.81. The monoisotopic (exact) mass is 396 g/mol. The van der Waals surface area contributed by atoms with Crippen LogP contribution in [0.3, 0.4) is 0 Å². The standard InChI is InChI=1S/C21H18F2N4O2/c22-16-2-3-17(23)21(15(16)10-24)29-14-1-4-18-19(9-14)27-20(11-26-18)28-12-13-5-7-25-8-6-13/h1-4,9,11,13,25H,5-8,12H2. The van der Waals surface area contributed by atoms with Crippen LogP contribution in [0.5, 0.6) is 17.4 Å². The number of hydrogen-bond donors (Lipinski definition) is 1. The van der Waals surface area contributed by atoms with Crippen molar-refractivity contribution in [2.75, 3.05) is 19.7 Å². The summed E-state index contributed by atoms with van der Waals surface area (Å²) < 4.78 is 39.1. The van der Waals surface area contributed by atoms with E-state index in [4.69, 9.17) is 14.7 Å². The molecule has 1 N–H and O–H groups in total. The minimum atomic E-state index is -0.849. The van der Waals surface area contributed by atoms with Gasteiger partial charge >= 0.3 is 0 Å². The Hall–Kier alpha value is -3.31. The Morgan fingerprint density at radius 3 is 2.69 bits per heavy atom. The normalized spacial score (nSPS) is 14.5. The first kappa shape index (κ1) is 19.0. The maximum atomic E-state index is 14.1. The number of ether oxygens (including phenoxy) is 2. The van der Waals surface area contributed by atoms with Gasteiger partial charge in [-0.15, -0.1) is 0 Å². The molecule has 0 radical (unpaired) electrons. The molecule has 6 nitrogen and oxygen atoms in total. The number of benzene rings is 2. The van der Waals surface area contributed by atoms with Gasteiger partial charge in [-0.2, -0.15) is 5.26 Å². The fraction of sp³-hybridized carbons (Fsp3) is 0.286. The molecule has 29 heavy (non-hydrogen) atoms. The van der Waals surface area contributed by atoms with Gasteiger partial charge < -0.3 is 14.8 Å². The summed E-state index contributed by atoms with van der Waals surface area (Å²) in [7, 11) is 0. The molecule has 0 spiro atoms. The van der Waals surface area contributed by atoms with Crippen LogP contribution in [0.25, 0.3) is 11.0 Å². The summed E-state index contributed by atoms with van der Waals surface area (Å²) >= 11 is 0. The molecule has 3 aromatic rings. The van der Waals surface area contributed by atoms with E-state index in [-0.39, 0.29) is 5.75 Å². The molecule has 1 aliphatic rings. The van der Waals surface area contributed by atoms with Crippen LogP contribution >= 0.6 is 0 Å². The molecule has 1 aliphatic heterocycles. The van der Waals surface area contributed by atoms with E-state index in [1.807, 2.05) is 0 Å². The zero-order valence-electron chi connectivity index (χ0n) is 15.5. The first-order valence-electron chi connectivity index (χ1n) is 9.30. The number of nitrogens with one attached hydrogen (secondary N) is 1. The first-order chi connectivity index (χ1) is 14.1. The third kappa shape index (κ3) is 4.25. The average molecular weight is 396 g/mol. The van der Waals surface area contributed by atoms with Crippen molar-refractivity contribution in [2.45, 2.75) is 12.8 Å². The maximum Gasteiger partial charge on any atom is 0.232 e. The highest BCUT2D eigenvalue weighted by Gasteiger charge is 2.17. The van der Waals surface area contributed by atoms with Crippen LogP contribution in [0, 0.1) is 28.9 Å². The second-order valence-electron chi connectivity index (χ2n) is 6.81. The minimum Gasteiger partial charge on any atom is -0.476 e. The van der Waals surface area contributed by atoms with Gasteiger partial charge in [0.15, 0.2) is 11.6 Å². The Bertz CT molecular complexity index is 1080. The predicted octanol–water partition coefficient (Wildman–Crippen LogP) is 3.95. The van der Waals surface area contributed by atoms with E-state index in [0.29, 0.717) is 29.4 Å². The van der Waals surface area contributed by atoms with Crippen molar-refractivity contribution in [3.05, 3.63) is 53.7 Å². The molecule has 2 aromatic carbocycles. The Morgan fingerprint density at radius 1 is 1.10 bits per heavy atom. The highest BCUT2D eigenvalue weighted by molar-refractivity contribution is 5.76. The lowest BCUT2D eigenvalue weighted by atomic mass is 9.99.